The zero-order valence-corrected chi connectivity index (χ0v) is 20.8. The molecule has 1 atom stereocenters. The molecule has 1 saturated heterocycles. The highest BCUT2D eigenvalue weighted by Crippen LogP contribution is 2.29. The van der Waals surface area contributed by atoms with Crippen molar-refractivity contribution in [2.24, 2.45) is 5.73 Å². The van der Waals surface area contributed by atoms with Crippen molar-refractivity contribution >= 4 is 29.3 Å². The molecule has 0 aromatic heterocycles. The SMILES string of the molecule is NCCCCCCCCCCCCCCNc1ccc2c(c1)C(=O)N(C1CCC(=O)NC1=O)C2=O. The number of amides is 4. The lowest BCUT2D eigenvalue weighted by atomic mass is 10.0. The van der Waals surface area contributed by atoms with Gasteiger partial charge < -0.3 is 11.1 Å². The van der Waals surface area contributed by atoms with E-state index in [1.54, 1.807) is 18.2 Å². The number of rotatable bonds is 16. The van der Waals surface area contributed by atoms with Crippen LogP contribution in [0, 0.1) is 0 Å². The smallest absolute Gasteiger partial charge is 0.262 e. The van der Waals surface area contributed by atoms with Gasteiger partial charge in [0, 0.05) is 18.7 Å². The Morgan fingerprint density at radius 3 is 1.97 bits per heavy atom. The summed E-state index contributed by atoms with van der Waals surface area (Å²) in [6, 6.07) is 4.20. The van der Waals surface area contributed by atoms with E-state index in [1.165, 1.54) is 57.8 Å². The summed E-state index contributed by atoms with van der Waals surface area (Å²) in [6.45, 7) is 1.62. The molecule has 1 aromatic carbocycles. The van der Waals surface area contributed by atoms with Gasteiger partial charge in [-0.3, -0.25) is 29.4 Å². The number of nitrogens with zero attached hydrogens (tertiary/aromatic N) is 1. The fraction of sp³-hybridized carbons (Fsp3) is 0.630. The van der Waals surface area contributed by atoms with Gasteiger partial charge in [-0.15, -0.1) is 0 Å². The van der Waals surface area contributed by atoms with E-state index < -0.39 is 23.8 Å². The molecule has 8 nitrogen and oxygen atoms in total. The highest BCUT2D eigenvalue weighted by Gasteiger charge is 2.44. The summed E-state index contributed by atoms with van der Waals surface area (Å²) in [6.07, 6.45) is 15.4. The van der Waals surface area contributed by atoms with Gasteiger partial charge in [0.1, 0.15) is 6.04 Å². The molecule has 1 fully saturated rings. The van der Waals surface area contributed by atoms with Crippen molar-refractivity contribution < 1.29 is 19.2 Å². The van der Waals surface area contributed by atoms with E-state index in [4.69, 9.17) is 5.73 Å². The molecule has 2 heterocycles. The molecule has 1 aromatic rings. The van der Waals surface area contributed by atoms with E-state index in [9.17, 15) is 19.2 Å². The van der Waals surface area contributed by atoms with Crippen molar-refractivity contribution in [3.8, 4) is 0 Å². The summed E-state index contributed by atoms with van der Waals surface area (Å²) in [4.78, 5) is 50.2. The zero-order chi connectivity index (χ0) is 25.0. The maximum Gasteiger partial charge on any atom is 0.262 e. The Morgan fingerprint density at radius 2 is 1.37 bits per heavy atom. The van der Waals surface area contributed by atoms with E-state index >= 15 is 0 Å². The van der Waals surface area contributed by atoms with Gasteiger partial charge in [0.15, 0.2) is 0 Å². The third-order valence-corrected chi connectivity index (χ3v) is 6.90. The van der Waals surface area contributed by atoms with E-state index in [1.807, 2.05) is 0 Å². The Kier molecular flexibility index (Phi) is 10.7. The second kappa shape index (κ2) is 14.0. The van der Waals surface area contributed by atoms with E-state index in [0.717, 1.165) is 42.9 Å². The molecule has 8 heteroatoms. The first-order valence-electron chi connectivity index (χ1n) is 13.3. The first-order chi connectivity index (χ1) is 17.0. The first kappa shape index (κ1) is 26.9. The number of hydrogen-bond donors (Lipinski definition) is 3. The molecule has 3 rings (SSSR count). The lowest BCUT2D eigenvalue weighted by Crippen LogP contribution is -2.54. The molecule has 35 heavy (non-hydrogen) atoms. The van der Waals surface area contributed by atoms with Gasteiger partial charge in [-0.05, 0) is 44.0 Å². The largest absolute Gasteiger partial charge is 0.385 e. The minimum Gasteiger partial charge on any atom is -0.385 e. The Labute approximate surface area is 208 Å². The van der Waals surface area contributed by atoms with Gasteiger partial charge in [-0.1, -0.05) is 64.2 Å². The molecule has 2 aliphatic heterocycles. The summed E-state index contributed by atoms with van der Waals surface area (Å²) >= 11 is 0. The summed E-state index contributed by atoms with van der Waals surface area (Å²) in [5, 5.41) is 5.56. The normalized spacial score (nSPS) is 17.6. The third-order valence-electron chi connectivity index (χ3n) is 6.90. The maximum absolute atomic E-state index is 12.9. The van der Waals surface area contributed by atoms with Crippen LogP contribution in [-0.2, 0) is 9.59 Å². The average Bonchev–Trinajstić information content (AvgIpc) is 3.09. The van der Waals surface area contributed by atoms with E-state index in [2.05, 4.69) is 10.6 Å². The summed E-state index contributed by atoms with van der Waals surface area (Å²) < 4.78 is 0. The number of benzene rings is 1. The van der Waals surface area contributed by atoms with Crippen molar-refractivity contribution in [2.75, 3.05) is 18.4 Å². The minimum absolute atomic E-state index is 0.117. The number of anilines is 1. The second-order valence-corrected chi connectivity index (χ2v) is 9.67. The van der Waals surface area contributed by atoms with Crippen molar-refractivity contribution in [2.45, 2.75) is 95.9 Å². The van der Waals surface area contributed by atoms with Gasteiger partial charge in [-0.25, -0.2) is 0 Å². The van der Waals surface area contributed by atoms with Crippen molar-refractivity contribution in [1.29, 1.82) is 0 Å². The first-order valence-corrected chi connectivity index (χ1v) is 13.3. The average molecular weight is 485 g/mol. The number of fused-ring (bicyclic) bond motifs is 1. The quantitative estimate of drug-likeness (QED) is 0.239. The number of hydrogen-bond acceptors (Lipinski definition) is 6. The van der Waals surface area contributed by atoms with Crippen LogP contribution in [0.4, 0.5) is 5.69 Å². The van der Waals surface area contributed by atoms with Crippen LogP contribution in [0.2, 0.25) is 0 Å². The summed E-state index contributed by atoms with van der Waals surface area (Å²) in [5.41, 5.74) is 6.92. The van der Waals surface area contributed by atoms with Crippen LogP contribution in [0.5, 0.6) is 0 Å². The number of nitrogens with two attached hydrogens (primary N) is 1. The molecule has 192 valence electrons. The molecular weight excluding hydrogens is 444 g/mol. The lowest BCUT2D eigenvalue weighted by molar-refractivity contribution is -0.136. The number of carbonyl (C=O) groups is 4. The van der Waals surface area contributed by atoms with Crippen LogP contribution in [0.25, 0.3) is 0 Å². The van der Waals surface area contributed by atoms with Gasteiger partial charge in [0.2, 0.25) is 11.8 Å². The Morgan fingerprint density at radius 1 is 0.800 bits per heavy atom. The highest BCUT2D eigenvalue weighted by atomic mass is 16.2. The molecule has 0 radical (unpaired) electrons. The molecule has 0 bridgehead atoms. The lowest BCUT2D eigenvalue weighted by Gasteiger charge is -2.27. The predicted octanol–water partition coefficient (Wildman–Crippen LogP) is 4.14. The van der Waals surface area contributed by atoms with Gasteiger partial charge in [-0.2, -0.15) is 0 Å². The van der Waals surface area contributed by atoms with Crippen LogP contribution in [0.3, 0.4) is 0 Å². The third kappa shape index (κ3) is 7.62. The topological polar surface area (TPSA) is 122 Å². The van der Waals surface area contributed by atoms with Gasteiger partial charge in [0.05, 0.1) is 11.1 Å². The standard InChI is InChI=1S/C27H40N4O4/c28-17-11-9-7-5-3-1-2-4-6-8-10-12-18-29-20-13-14-21-22(19-20)27(35)31(26(21)34)23-15-16-24(32)30-25(23)33/h13-14,19,23,29H,1-12,15-18,28H2,(H,30,32,33). The molecule has 0 aliphatic carbocycles. The molecule has 1 unspecified atom stereocenters. The molecule has 4 N–H and O–H groups in total. The summed E-state index contributed by atoms with van der Waals surface area (Å²) in [5.74, 6) is -1.91. The molecular formula is C27H40N4O4. The van der Waals surface area contributed by atoms with Gasteiger partial charge in [0.25, 0.3) is 11.8 Å². The van der Waals surface area contributed by atoms with Crippen LogP contribution < -0.4 is 16.4 Å². The molecule has 4 amide bonds. The fourth-order valence-electron chi connectivity index (χ4n) is 4.85. The number of piperidine rings is 1. The maximum atomic E-state index is 12.9. The van der Waals surface area contributed by atoms with E-state index in [-0.39, 0.29) is 18.7 Å². The van der Waals surface area contributed by atoms with Crippen molar-refractivity contribution in [1.82, 2.24) is 10.2 Å². The highest BCUT2D eigenvalue weighted by molar-refractivity contribution is 6.23. The molecule has 0 saturated carbocycles. The Balaban J connectivity index is 1.31. The van der Waals surface area contributed by atoms with Crippen molar-refractivity contribution in [3.05, 3.63) is 29.3 Å². The zero-order valence-electron chi connectivity index (χ0n) is 20.8. The number of unbranched alkanes of at least 4 members (excludes halogenated alkanes) is 11. The molecule has 2 aliphatic rings. The van der Waals surface area contributed by atoms with Gasteiger partial charge >= 0.3 is 0 Å². The Hall–Kier alpha value is -2.74. The minimum atomic E-state index is -0.933. The Bertz CT molecular complexity index is 901. The predicted molar refractivity (Wildman–Crippen MR) is 136 cm³/mol. The van der Waals surface area contributed by atoms with Crippen LogP contribution in [-0.4, -0.2) is 47.7 Å². The van der Waals surface area contributed by atoms with Crippen LogP contribution in [0.1, 0.15) is 111 Å². The summed E-state index contributed by atoms with van der Waals surface area (Å²) in [7, 11) is 0. The number of imide groups is 2. The fourth-order valence-corrected chi connectivity index (χ4v) is 4.85. The monoisotopic (exact) mass is 484 g/mol. The van der Waals surface area contributed by atoms with E-state index in [0.29, 0.717) is 11.1 Å². The van der Waals surface area contributed by atoms with Crippen LogP contribution >= 0.6 is 0 Å². The van der Waals surface area contributed by atoms with Crippen molar-refractivity contribution in [3.63, 3.8) is 0 Å². The molecule has 0 spiro atoms. The number of carbonyl (C=O) groups excluding carboxylic acids is 4. The van der Waals surface area contributed by atoms with Crippen LogP contribution in [0.15, 0.2) is 18.2 Å². The second-order valence-electron chi connectivity index (χ2n) is 9.67. The number of nitrogens with one attached hydrogen (secondary N) is 2.